The Kier molecular flexibility index (Phi) is 3.35. The van der Waals surface area contributed by atoms with E-state index in [-0.39, 0.29) is 11.8 Å². The lowest BCUT2D eigenvalue weighted by atomic mass is 10.2. The third-order valence-electron chi connectivity index (χ3n) is 3.08. The first-order valence-electron chi connectivity index (χ1n) is 5.57. The largest absolute Gasteiger partial charge is 0.399 e. The van der Waals surface area contributed by atoms with Gasteiger partial charge in [0.25, 0.3) is 0 Å². The molecule has 0 aliphatic carbocycles. The van der Waals surface area contributed by atoms with Gasteiger partial charge in [-0.1, -0.05) is 0 Å². The lowest BCUT2D eigenvalue weighted by Gasteiger charge is -2.22. The van der Waals surface area contributed by atoms with Crippen molar-refractivity contribution in [3.63, 3.8) is 0 Å². The monoisotopic (exact) mass is 255 g/mol. The van der Waals surface area contributed by atoms with Crippen molar-refractivity contribution in [3.8, 4) is 0 Å². The highest BCUT2D eigenvalue weighted by atomic mass is 32.2. The molecule has 1 aliphatic heterocycles. The molecule has 1 atom stereocenters. The fraction of sp³-hybridized carbons (Fsp3) is 0.545. The summed E-state index contributed by atoms with van der Waals surface area (Å²) in [6.07, 6.45) is 2.38. The number of hydrogen-bond acceptors (Lipinski definition) is 5. The summed E-state index contributed by atoms with van der Waals surface area (Å²) in [4.78, 5) is 6.25. The van der Waals surface area contributed by atoms with E-state index in [4.69, 9.17) is 5.73 Å². The van der Waals surface area contributed by atoms with Gasteiger partial charge in [0.1, 0.15) is 0 Å². The molecule has 0 spiro atoms. The van der Waals surface area contributed by atoms with Crippen molar-refractivity contribution in [2.45, 2.75) is 19.0 Å². The van der Waals surface area contributed by atoms with Crippen molar-refractivity contribution in [3.05, 3.63) is 24.0 Å². The topological polar surface area (TPSA) is 76.3 Å². The van der Waals surface area contributed by atoms with E-state index in [0.29, 0.717) is 24.4 Å². The summed E-state index contributed by atoms with van der Waals surface area (Å²) in [6.45, 7) is 0.630. The Morgan fingerprint density at radius 3 is 2.94 bits per heavy atom. The average Bonchev–Trinajstić information content (AvgIpc) is 2.59. The van der Waals surface area contributed by atoms with Gasteiger partial charge in [-0.25, -0.2) is 8.42 Å². The number of hydrogen-bond donors (Lipinski definition) is 1. The van der Waals surface area contributed by atoms with Crippen LogP contribution in [0.5, 0.6) is 0 Å². The van der Waals surface area contributed by atoms with Gasteiger partial charge in [-0.2, -0.15) is 0 Å². The summed E-state index contributed by atoms with van der Waals surface area (Å²) in [7, 11) is -0.901. The fourth-order valence-corrected chi connectivity index (χ4v) is 3.90. The number of nitrogen functional groups attached to an aromatic ring is 1. The van der Waals surface area contributed by atoms with Crippen LogP contribution >= 0.6 is 0 Å². The number of aromatic nitrogens is 1. The van der Waals surface area contributed by atoms with Crippen LogP contribution in [-0.4, -0.2) is 42.9 Å². The van der Waals surface area contributed by atoms with Crippen LogP contribution in [0.3, 0.4) is 0 Å². The lowest BCUT2D eigenvalue weighted by Crippen LogP contribution is -2.32. The number of pyridine rings is 1. The van der Waals surface area contributed by atoms with Crippen molar-refractivity contribution in [1.29, 1.82) is 0 Å². The summed E-state index contributed by atoms with van der Waals surface area (Å²) >= 11 is 0. The van der Waals surface area contributed by atoms with Crippen LogP contribution in [0.4, 0.5) is 5.69 Å². The number of rotatable bonds is 3. The molecule has 2 heterocycles. The zero-order valence-corrected chi connectivity index (χ0v) is 10.7. The zero-order chi connectivity index (χ0) is 12.5. The molecule has 5 nitrogen and oxygen atoms in total. The molecule has 0 saturated carbocycles. The van der Waals surface area contributed by atoms with Crippen molar-refractivity contribution in [2.75, 3.05) is 24.3 Å². The quantitative estimate of drug-likeness (QED) is 0.839. The smallest absolute Gasteiger partial charge is 0.151 e. The van der Waals surface area contributed by atoms with E-state index in [1.807, 2.05) is 18.0 Å². The highest BCUT2D eigenvalue weighted by molar-refractivity contribution is 7.91. The Hall–Kier alpha value is -1.14. The van der Waals surface area contributed by atoms with Crippen molar-refractivity contribution >= 4 is 15.5 Å². The van der Waals surface area contributed by atoms with Crippen LogP contribution in [0.15, 0.2) is 18.3 Å². The molecule has 1 aliphatic rings. The van der Waals surface area contributed by atoms with E-state index in [2.05, 4.69) is 4.98 Å². The third kappa shape index (κ3) is 3.17. The van der Waals surface area contributed by atoms with Gasteiger partial charge in [0.2, 0.25) is 0 Å². The zero-order valence-electron chi connectivity index (χ0n) is 9.83. The van der Waals surface area contributed by atoms with Crippen molar-refractivity contribution in [1.82, 2.24) is 9.88 Å². The van der Waals surface area contributed by atoms with Crippen LogP contribution in [0.2, 0.25) is 0 Å². The van der Waals surface area contributed by atoms with E-state index in [0.717, 1.165) is 5.69 Å². The van der Waals surface area contributed by atoms with Gasteiger partial charge in [0.05, 0.1) is 17.2 Å². The van der Waals surface area contributed by atoms with E-state index in [1.165, 1.54) is 0 Å². The summed E-state index contributed by atoms with van der Waals surface area (Å²) in [6, 6.07) is 3.66. The molecule has 1 saturated heterocycles. The molecular weight excluding hydrogens is 238 g/mol. The van der Waals surface area contributed by atoms with Gasteiger partial charge < -0.3 is 5.73 Å². The van der Waals surface area contributed by atoms with E-state index >= 15 is 0 Å². The molecule has 0 radical (unpaired) electrons. The Morgan fingerprint density at radius 2 is 2.35 bits per heavy atom. The SMILES string of the molecule is CN(Cc1cc(N)ccn1)C1CCS(=O)(=O)C1. The second-order valence-electron chi connectivity index (χ2n) is 4.55. The minimum absolute atomic E-state index is 0.100. The maximum absolute atomic E-state index is 11.4. The number of nitrogens with zero attached hydrogens (tertiary/aromatic N) is 2. The summed E-state index contributed by atoms with van der Waals surface area (Å²) in [5.41, 5.74) is 7.23. The molecular formula is C11H17N3O2S. The van der Waals surface area contributed by atoms with E-state index in [9.17, 15) is 8.42 Å². The molecule has 0 aromatic carbocycles. The molecule has 94 valence electrons. The average molecular weight is 255 g/mol. The predicted molar refractivity (Wildman–Crippen MR) is 67.2 cm³/mol. The molecule has 1 aromatic heterocycles. The van der Waals surface area contributed by atoms with Crippen LogP contribution in [0.25, 0.3) is 0 Å². The van der Waals surface area contributed by atoms with Crippen LogP contribution in [0.1, 0.15) is 12.1 Å². The van der Waals surface area contributed by atoms with Crippen LogP contribution < -0.4 is 5.73 Å². The molecule has 1 aromatic rings. The lowest BCUT2D eigenvalue weighted by molar-refractivity contribution is 0.251. The van der Waals surface area contributed by atoms with Gasteiger partial charge in [-0.15, -0.1) is 0 Å². The number of anilines is 1. The molecule has 2 N–H and O–H groups in total. The number of sulfone groups is 1. The standard InChI is InChI=1S/C11H17N3O2S/c1-14(11-3-5-17(15,16)8-11)7-10-6-9(12)2-4-13-10/h2,4,6,11H,3,5,7-8H2,1H3,(H2,12,13). The molecule has 1 fully saturated rings. The van der Waals surface area contributed by atoms with Crippen LogP contribution in [0, 0.1) is 0 Å². The molecule has 6 heteroatoms. The summed E-state index contributed by atoms with van der Waals surface area (Å²) in [5.74, 6) is 0.554. The molecule has 1 unspecified atom stereocenters. The predicted octanol–water partition coefficient (Wildman–Crippen LogP) is 0.283. The number of nitrogens with two attached hydrogens (primary N) is 1. The minimum Gasteiger partial charge on any atom is -0.399 e. The maximum Gasteiger partial charge on any atom is 0.151 e. The molecule has 0 amide bonds. The maximum atomic E-state index is 11.4. The summed E-state index contributed by atoms with van der Waals surface area (Å²) in [5, 5.41) is 0. The van der Waals surface area contributed by atoms with Gasteiger partial charge in [0.15, 0.2) is 9.84 Å². The van der Waals surface area contributed by atoms with Crippen LogP contribution in [-0.2, 0) is 16.4 Å². The fourth-order valence-electron chi connectivity index (χ4n) is 2.09. The van der Waals surface area contributed by atoms with Gasteiger partial charge >= 0.3 is 0 Å². The highest BCUT2D eigenvalue weighted by Crippen LogP contribution is 2.18. The summed E-state index contributed by atoms with van der Waals surface area (Å²) < 4.78 is 22.8. The second-order valence-corrected chi connectivity index (χ2v) is 6.78. The minimum atomic E-state index is -2.83. The van der Waals surface area contributed by atoms with Gasteiger partial charge in [-0.3, -0.25) is 9.88 Å². The molecule has 2 rings (SSSR count). The first kappa shape index (κ1) is 12.3. The van der Waals surface area contributed by atoms with Crippen molar-refractivity contribution in [2.24, 2.45) is 0 Å². The Bertz CT molecular complexity index is 501. The molecule has 0 bridgehead atoms. The third-order valence-corrected chi connectivity index (χ3v) is 4.83. The second kappa shape index (κ2) is 4.62. The van der Waals surface area contributed by atoms with Crippen molar-refractivity contribution < 1.29 is 8.42 Å². The van der Waals surface area contributed by atoms with Gasteiger partial charge in [-0.05, 0) is 25.6 Å². The Labute approximate surface area is 102 Å². The Balaban J connectivity index is 2.00. The first-order valence-corrected chi connectivity index (χ1v) is 7.39. The van der Waals surface area contributed by atoms with E-state index in [1.54, 1.807) is 12.3 Å². The van der Waals surface area contributed by atoms with E-state index < -0.39 is 9.84 Å². The van der Waals surface area contributed by atoms with Gasteiger partial charge in [0, 0.05) is 24.5 Å². The Morgan fingerprint density at radius 1 is 1.59 bits per heavy atom. The normalized spacial score (nSPS) is 23.1. The first-order chi connectivity index (χ1) is 7.96. The highest BCUT2D eigenvalue weighted by Gasteiger charge is 2.30. The molecule has 17 heavy (non-hydrogen) atoms.